The van der Waals surface area contributed by atoms with Crippen molar-refractivity contribution in [1.82, 2.24) is 10.2 Å². The predicted octanol–water partition coefficient (Wildman–Crippen LogP) is 3.75. The highest BCUT2D eigenvalue weighted by molar-refractivity contribution is 8.01. The fourth-order valence-electron chi connectivity index (χ4n) is 1.50. The first kappa shape index (κ1) is 18.0. The van der Waals surface area contributed by atoms with Crippen LogP contribution >= 0.6 is 46.3 Å². The quantitative estimate of drug-likeness (QED) is 0.458. The van der Waals surface area contributed by atoms with E-state index in [1.165, 1.54) is 30.0 Å². The number of nitrogens with zero attached hydrogens (tertiary/aromatic N) is 2. The molecular weight excluding hydrogens is 381 g/mol. The van der Waals surface area contributed by atoms with E-state index in [2.05, 4.69) is 15.5 Å². The zero-order chi connectivity index (χ0) is 16.8. The molecule has 0 saturated carbocycles. The van der Waals surface area contributed by atoms with E-state index >= 15 is 0 Å². The third kappa shape index (κ3) is 5.65. The zero-order valence-corrected chi connectivity index (χ0v) is 15.0. The van der Waals surface area contributed by atoms with Gasteiger partial charge in [-0.25, -0.2) is 0 Å². The number of aromatic nitrogens is 2. The van der Waals surface area contributed by atoms with Crippen LogP contribution in [0.25, 0.3) is 0 Å². The number of benzene rings is 1. The summed E-state index contributed by atoms with van der Waals surface area (Å²) < 4.78 is 5.37. The lowest BCUT2D eigenvalue weighted by Gasteiger charge is -2.02. The molecule has 0 unspecified atom stereocenters. The molecule has 1 N–H and O–H groups in total. The van der Waals surface area contributed by atoms with Gasteiger partial charge in [0.15, 0.2) is 4.34 Å². The first-order valence-electron chi connectivity index (χ1n) is 6.37. The molecule has 1 aromatic carbocycles. The van der Waals surface area contributed by atoms with E-state index in [-0.39, 0.29) is 11.7 Å². The lowest BCUT2D eigenvalue weighted by molar-refractivity contribution is -0.139. The van der Waals surface area contributed by atoms with Crippen molar-refractivity contribution in [2.75, 3.05) is 17.7 Å². The van der Waals surface area contributed by atoms with Crippen molar-refractivity contribution in [1.29, 1.82) is 0 Å². The fourth-order valence-corrected chi connectivity index (χ4v) is 3.57. The summed E-state index contributed by atoms with van der Waals surface area (Å²) in [5.74, 6) is -0.584. The van der Waals surface area contributed by atoms with E-state index in [0.717, 1.165) is 11.3 Å². The van der Waals surface area contributed by atoms with Crippen LogP contribution < -0.4 is 5.32 Å². The number of esters is 1. The summed E-state index contributed by atoms with van der Waals surface area (Å²) in [6.45, 7) is 2.07. The Morgan fingerprint density at radius 2 is 1.96 bits per heavy atom. The SMILES string of the molecule is CCOC(=O)CSc1nnc(NC(=O)c2cc(Cl)cc(Cl)c2)s1. The lowest BCUT2D eigenvalue weighted by Crippen LogP contribution is -2.11. The van der Waals surface area contributed by atoms with Crippen molar-refractivity contribution in [2.45, 2.75) is 11.3 Å². The zero-order valence-electron chi connectivity index (χ0n) is 11.8. The summed E-state index contributed by atoms with van der Waals surface area (Å²) in [6.07, 6.45) is 0. The first-order chi connectivity index (χ1) is 11.0. The highest BCUT2D eigenvalue weighted by Crippen LogP contribution is 2.26. The smallest absolute Gasteiger partial charge is 0.316 e. The second-order valence-corrected chi connectivity index (χ2v) is 7.15. The van der Waals surface area contributed by atoms with Gasteiger partial charge in [-0.2, -0.15) is 0 Å². The second kappa shape index (κ2) is 8.49. The van der Waals surface area contributed by atoms with Crippen LogP contribution in [-0.4, -0.2) is 34.4 Å². The number of carbonyl (C=O) groups excluding carboxylic acids is 2. The number of hydrogen-bond donors (Lipinski definition) is 1. The molecule has 1 amide bonds. The number of rotatable bonds is 6. The molecule has 10 heteroatoms. The Morgan fingerprint density at radius 3 is 2.61 bits per heavy atom. The molecule has 1 aromatic heterocycles. The summed E-state index contributed by atoms with van der Waals surface area (Å²) >= 11 is 14.1. The van der Waals surface area contributed by atoms with Gasteiger partial charge in [0.25, 0.3) is 5.91 Å². The molecule has 122 valence electrons. The topological polar surface area (TPSA) is 81.2 Å². The summed E-state index contributed by atoms with van der Waals surface area (Å²) in [5, 5.41) is 11.4. The molecule has 1 heterocycles. The average molecular weight is 392 g/mol. The molecule has 2 aromatic rings. The molecule has 0 aliphatic heterocycles. The highest BCUT2D eigenvalue weighted by atomic mass is 35.5. The van der Waals surface area contributed by atoms with Crippen LogP contribution in [0.4, 0.5) is 5.13 Å². The van der Waals surface area contributed by atoms with Crippen molar-refractivity contribution in [3.63, 3.8) is 0 Å². The fraction of sp³-hybridized carbons (Fsp3) is 0.231. The number of carbonyl (C=O) groups is 2. The summed E-state index contributed by atoms with van der Waals surface area (Å²) in [6, 6.07) is 4.54. The number of thioether (sulfide) groups is 1. The van der Waals surface area contributed by atoms with Crippen LogP contribution in [-0.2, 0) is 9.53 Å². The molecule has 0 spiro atoms. The Labute approximate surface area is 150 Å². The van der Waals surface area contributed by atoms with Crippen molar-refractivity contribution >= 4 is 63.3 Å². The average Bonchev–Trinajstić information content (AvgIpc) is 2.92. The van der Waals surface area contributed by atoms with E-state index in [9.17, 15) is 9.59 Å². The normalized spacial score (nSPS) is 10.4. The summed E-state index contributed by atoms with van der Waals surface area (Å²) in [4.78, 5) is 23.4. The van der Waals surface area contributed by atoms with Gasteiger partial charge in [0, 0.05) is 15.6 Å². The third-order valence-corrected chi connectivity index (χ3v) is 4.75. The van der Waals surface area contributed by atoms with Gasteiger partial charge >= 0.3 is 5.97 Å². The number of halogens is 2. The van der Waals surface area contributed by atoms with E-state index in [0.29, 0.717) is 31.7 Å². The van der Waals surface area contributed by atoms with Crippen molar-refractivity contribution in [3.8, 4) is 0 Å². The maximum absolute atomic E-state index is 12.1. The molecule has 0 fully saturated rings. The third-order valence-electron chi connectivity index (χ3n) is 2.37. The lowest BCUT2D eigenvalue weighted by atomic mass is 10.2. The summed E-state index contributed by atoms with van der Waals surface area (Å²) in [5.41, 5.74) is 0.318. The van der Waals surface area contributed by atoms with Crippen LogP contribution in [0.2, 0.25) is 10.0 Å². The number of ether oxygens (including phenoxy) is 1. The van der Waals surface area contributed by atoms with Gasteiger partial charge in [-0.3, -0.25) is 14.9 Å². The minimum absolute atomic E-state index is 0.139. The van der Waals surface area contributed by atoms with Gasteiger partial charge in [0.05, 0.1) is 12.4 Å². The molecule has 2 rings (SSSR count). The second-order valence-electron chi connectivity index (χ2n) is 4.08. The highest BCUT2D eigenvalue weighted by Gasteiger charge is 2.13. The van der Waals surface area contributed by atoms with E-state index < -0.39 is 5.91 Å². The Bertz CT molecular complexity index is 704. The molecule has 0 atom stereocenters. The minimum Gasteiger partial charge on any atom is -0.465 e. The Hall–Kier alpha value is -1.35. The van der Waals surface area contributed by atoms with Crippen LogP contribution in [0.15, 0.2) is 22.5 Å². The van der Waals surface area contributed by atoms with Crippen LogP contribution in [0.5, 0.6) is 0 Å². The van der Waals surface area contributed by atoms with Crippen molar-refractivity contribution < 1.29 is 14.3 Å². The Morgan fingerprint density at radius 1 is 1.26 bits per heavy atom. The maximum Gasteiger partial charge on any atom is 0.316 e. The van der Waals surface area contributed by atoms with E-state index in [1.54, 1.807) is 6.92 Å². The van der Waals surface area contributed by atoms with Gasteiger partial charge in [-0.15, -0.1) is 10.2 Å². The molecular formula is C13H11Cl2N3O3S2. The van der Waals surface area contributed by atoms with Gasteiger partial charge in [0.1, 0.15) is 0 Å². The molecule has 0 radical (unpaired) electrons. The summed E-state index contributed by atoms with van der Waals surface area (Å²) in [7, 11) is 0. The molecule has 23 heavy (non-hydrogen) atoms. The van der Waals surface area contributed by atoms with Gasteiger partial charge in [-0.1, -0.05) is 46.3 Å². The number of nitrogens with one attached hydrogen (secondary N) is 1. The molecule has 6 nitrogen and oxygen atoms in total. The number of anilines is 1. The predicted molar refractivity (Wildman–Crippen MR) is 91.7 cm³/mol. The minimum atomic E-state index is -0.396. The van der Waals surface area contributed by atoms with Crippen molar-refractivity contribution in [3.05, 3.63) is 33.8 Å². The molecule has 0 aliphatic rings. The first-order valence-corrected chi connectivity index (χ1v) is 8.93. The number of hydrogen-bond acceptors (Lipinski definition) is 7. The molecule has 0 bridgehead atoms. The van der Waals surface area contributed by atoms with Crippen molar-refractivity contribution in [2.24, 2.45) is 0 Å². The Balaban J connectivity index is 1.95. The van der Waals surface area contributed by atoms with Gasteiger partial charge in [-0.05, 0) is 25.1 Å². The van der Waals surface area contributed by atoms with E-state index in [4.69, 9.17) is 27.9 Å². The van der Waals surface area contributed by atoms with Gasteiger partial charge in [0.2, 0.25) is 5.13 Å². The standard InChI is InChI=1S/C13H11Cl2N3O3S2/c1-2-21-10(19)6-22-13-18-17-12(23-13)16-11(20)7-3-8(14)5-9(15)4-7/h3-5H,2,6H2,1H3,(H,16,17,20). The number of amides is 1. The maximum atomic E-state index is 12.1. The van der Waals surface area contributed by atoms with Crippen LogP contribution in [0, 0.1) is 0 Å². The van der Waals surface area contributed by atoms with Gasteiger partial charge < -0.3 is 4.74 Å². The monoisotopic (exact) mass is 391 g/mol. The Kier molecular flexibility index (Phi) is 6.64. The molecule has 0 saturated heterocycles. The largest absolute Gasteiger partial charge is 0.465 e. The molecule has 0 aliphatic carbocycles. The van der Waals surface area contributed by atoms with E-state index in [1.807, 2.05) is 0 Å². The van der Waals surface area contributed by atoms with Crippen LogP contribution in [0.1, 0.15) is 17.3 Å². The van der Waals surface area contributed by atoms with Crippen LogP contribution in [0.3, 0.4) is 0 Å².